The Morgan fingerprint density at radius 3 is 2.00 bits per heavy atom. The molecule has 0 radical (unpaired) electrons. The first kappa shape index (κ1) is 20.6. The van der Waals surface area contributed by atoms with E-state index < -0.39 is 6.10 Å². The van der Waals surface area contributed by atoms with E-state index in [9.17, 15) is 19.1 Å². The van der Waals surface area contributed by atoms with Crippen LogP contribution >= 0.6 is 0 Å². The molecule has 5 rings (SSSR count). The fraction of sp³-hybridized carbons (Fsp3) is 0.0357. The van der Waals surface area contributed by atoms with Crippen molar-refractivity contribution in [2.45, 2.75) is 6.10 Å². The van der Waals surface area contributed by atoms with Gasteiger partial charge in [0.1, 0.15) is 17.7 Å². The summed E-state index contributed by atoms with van der Waals surface area (Å²) in [5, 5.41) is 21.0. The number of aromatic nitrogens is 1. The van der Waals surface area contributed by atoms with E-state index in [1.807, 2.05) is 34.7 Å². The zero-order chi connectivity index (χ0) is 22.9. The van der Waals surface area contributed by atoms with Crippen molar-refractivity contribution in [1.82, 2.24) is 4.40 Å². The number of halogens is 2. The first-order valence-electron chi connectivity index (χ1n) is 10.4. The van der Waals surface area contributed by atoms with Gasteiger partial charge in [-0.05, 0) is 65.2 Å². The summed E-state index contributed by atoms with van der Waals surface area (Å²) in [6.07, 6.45) is 0.755. The van der Waals surface area contributed by atoms with Gasteiger partial charge < -0.3 is 9.51 Å². The number of nitriles is 1. The molecule has 2 aromatic heterocycles. The average Bonchev–Trinajstić information content (AvgIpc) is 3.19. The van der Waals surface area contributed by atoms with Gasteiger partial charge in [-0.15, -0.1) is 0 Å². The van der Waals surface area contributed by atoms with Gasteiger partial charge in [0.15, 0.2) is 0 Å². The fourth-order valence-corrected chi connectivity index (χ4v) is 4.23. The molecule has 5 aromatic rings. The average molecular weight is 436 g/mol. The van der Waals surface area contributed by atoms with Crippen molar-refractivity contribution >= 4 is 5.52 Å². The van der Waals surface area contributed by atoms with E-state index in [1.165, 1.54) is 24.3 Å². The van der Waals surface area contributed by atoms with Gasteiger partial charge in [0.2, 0.25) is 0 Å². The van der Waals surface area contributed by atoms with Gasteiger partial charge >= 0.3 is 0 Å². The highest BCUT2D eigenvalue weighted by Crippen LogP contribution is 2.44. The lowest BCUT2D eigenvalue weighted by Gasteiger charge is -2.15. The predicted octanol–water partition coefficient (Wildman–Crippen LogP) is 6.50. The van der Waals surface area contributed by atoms with Gasteiger partial charge in [0, 0.05) is 17.3 Å². The molecular formula is C28H18F2N2O. The molecule has 0 amide bonds. The highest BCUT2D eigenvalue weighted by Gasteiger charge is 2.26. The van der Waals surface area contributed by atoms with Gasteiger partial charge in [-0.3, -0.25) is 0 Å². The van der Waals surface area contributed by atoms with E-state index in [2.05, 4.69) is 6.07 Å². The SMILES string of the molecule is N#Cc1ccn2c(-c3ccc(F)cc3)c(-c3ccc(F)cc3)c(C(O)c3ccccc3)c2c1. The summed E-state index contributed by atoms with van der Waals surface area (Å²) in [6.45, 7) is 0. The Morgan fingerprint density at radius 2 is 1.39 bits per heavy atom. The number of benzene rings is 3. The maximum absolute atomic E-state index is 13.8. The molecular weight excluding hydrogens is 418 g/mol. The molecule has 160 valence electrons. The lowest BCUT2D eigenvalue weighted by Crippen LogP contribution is -2.01. The molecule has 33 heavy (non-hydrogen) atoms. The second-order valence-corrected chi connectivity index (χ2v) is 7.75. The van der Waals surface area contributed by atoms with Gasteiger partial charge in [-0.1, -0.05) is 42.5 Å². The number of pyridine rings is 1. The maximum Gasteiger partial charge on any atom is 0.123 e. The minimum Gasteiger partial charge on any atom is -0.384 e. The molecule has 0 saturated carbocycles. The number of fused-ring (bicyclic) bond motifs is 1. The highest BCUT2D eigenvalue weighted by molar-refractivity contribution is 5.92. The van der Waals surface area contributed by atoms with Crippen molar-refractivity contribution in [2.24, 2.45) is 0 Å². The molecule has 0 aliphatic heterocycles. The zero-order valence-corrected chi connectivity index (χ0v) is 17.4. The monoisotopic (exact) mass is 436 g/mol. The summed E-state index contributed by atoms with van der Waals surface area (Å²) in [5.74, 6) is -0.734. The number of aliphatic hydroxyl groups excluding tert-OH is 1. The van der Waals surface area contributed by atoms with Crippen LogP contribution in [0.25, 0.3) is 27.9 Å². The van der Waals surface area contributed by atoms with E-state index in [4.69, 9.17) is 0 Å². The molecule has 5 heteroatoms. The maximum atomic E-state index is 13.8. The zero-order valence-electron chi connectivity index (χ0n) is 17.4. The molecule has 0 fully saturated rings. The Kier molecular flexibility index (Phi) is 5.21. The first-order valence-corrected chi connectivity index (χ1v) is 10.4. The molecule has 0 spiro atoms. The Labute approximate surface area is 189 Å². The topological polar surface area (TPSA) is 48.4 Å². The van der Waals surface area contributed by atoms with E-state index in [-0.39, 0.29) is 11.6 Å². The second-order valence-electron chi connectivity index (χ2n) is 7.75. The fourth-order valence-electron chi connectivity index (χ4n) is 4.23. The largest absolute Gasteiger partial charge is 0.384 e. The minimum absolute atomic E-state index is 0.362. The lowest BCUT2D eigenvalue weighted by atomic mass is 9.92. The van der Waals surface area contributed by atoms with Crippen molar-refractivity contribution < 1.29 is 13.9 Å². The summed E-state index contributed by atoms with van der Waals surface area (Å²) in [7, 11) is 0. The third-order valence-corrected chi connectivity index (χ3v) is 5.75. The summed E-state index contributed by atoms with van der Waals surface area (Å²) in [4.78, 5) is 0. The number of rotatable bonds is 4. The van der Waals surface area contributed by atoms with Crippen LogP contribution in [-0.2, 0) is 0 Å². The first-order chi connectivity index (χ1) is 16.1. The highest BCUT2D eigenvalue weighted by atomic mass is 19.1. The molecule has 1 atom stereocenters. The number of hydrogen-bond donors (Lipinski definition) is 1. The molecule has 0 aliphatic carbocycles. The van der Waals surface area contributed by atoms with Gasteiger partial charge in [-0.2, -0.15) is 5.26 Å². The summed E-state index contributed by atoms with van der Waals surface area (Å²) >= 11 is 0. The van der Waals surface area contributed by atoms with Gasteiger partial charge in [0.25, 0.3) is 0 Å². The molecule has 0 aliphatic rings. The summed E-state index contributed by atoms with van der Waals surface area (Å²) in [5.41, 5.74) is 5.18. The molecule has 3 nitrogen and oxygen atoms in total. The normalized spacial score (nSPS) is 11.9. The van der Waals surface area contributed by atoms with Gasteiger partial charge in [-0.25, -0.2) is 8.78 Å². The molecule has 0 bridgehead atoms. The summed E-state index contributed by atoms with van der Waals surface area (Å²) < 4.78 is 29.4. The molecule has 1 unspecified atom stereocenters. The molecule has 0 saturated heterocycles. The van der Waals surface area contributed by atoms with E-state index in [0.29, 0.717) is 39.0 Å². The lowest BCUT2D eigenvalue weighted by molar-refractivity contribution is 0.222. The third kappa shape index (κ3) is 3.67. The number of aliphatic hydroxyl groups is 1. The van der Waals surface area contributed by atoms with Crippen LogP contribution in [0, 0.1) is 23.0 Å². The number of hydrogen-bond acceptors (Lipinski definition) is 2. The molecule has 3 aromatic carbocycles. The van der Waals surface area contributed by atoms with Crippen molar-refractivity contribution in [2.75, 3.05) is 0 Å². The Bertz CT molecular complexity index is 1480. The Balaban J connectivity index is 1.92. The molecule has 1 N–H and O–H groups in total. The minimum atomic E-state index is -1.01. The Hall–Kier alpha value is -4.27. The van der Waals surface area contributed by atoms with E-state index in [1.54, 1.807) is 42.6 Å². The van der Waals surface area contributed by atoms with Crippen molar-refractivity contribution in [1.29, 1.82) is 5.26 Å². The van der Waals surface area contributed by atoms with Crippen LogP contribution < -0.4 is 0 Å². The predicted molar refractivity (Wildman–Crippen MR) is 123 cm³/mol. The van der Waals surface area contributed by atoms with Crippen LogP contribution in [0.4, 0.5) is 8.78 Å². The van der Waals surface area contributed by atoms with E-state index >= 15 is 0 Å². The van der Waals surface area contributed by atoms with Gasteiger partial charge in [0.05, 0.1) is 22.8 Å². The van der Waals surface area contributed by atoms with Crippen LogP contribution in [0.2, 0.25) is 0 Å². The standard InChI is InChI=1S/C28H18F2N2O/c29-22-10-6-19(7-11-22)25-26(28(33)21-4-2-1-3-5-21)24-16-18(17-31)14-15-32(24)27(25)20-8-12-23(30)13-9-20/h1-16,28,33H. The third-order valence-electron chi connectivity index (χ3n) is 5.75. The Morgan fingerprint density at radius 1 is 0.788 bits per heavy atom. The smallest absolute Gasteiger partial charge is 0.123 e. The second kappa shape index (κ2) is 8.34. The van der Waals surface area contributed by atoms with Crippen LogP contribution in [0.15, 0.2) is 97.2 Å². The van der Waals surface area contributed by atoms with Crippen molar-refractivity contribution in [3.05, 3.63) is 126 Å². The van der Waals surface area contributed by atoms with Crippen LogP contribution in [0.3, 0.4) is 0 Å². The van der Waals surface area contributed by atoms with Crippen molar-refractivity contribution in [3.8, 4) is 28.5 Å². The number of nitrogens with zero attached hydrogens (tertiary/aromatic N) is 2. The summed E-state index contributed by atoms with van der Waals surface area (Å²) in [6, 6.07) is 26.9. The quantitative estimate of drug-likeness (QED) is 0.349. The van der Waals surface area contributed by atoms with Crippen molar-refractivity contribution in [3.63, 3.8) is 0 Å². The molecule has 2 heterocycles. The van der Waals surface area contributed by atoms with Crippen LogP contribution in [-0.4, -0.2) is 9.51 Å². The van der Waals surface area contributed by atoms with E-state index in [0.717, 1.165) is 5.56 Å². The van der Waals surface area contributed by atoms with Crippen LogP contribution in [0.1, 0.15) is 22.8 Å². The van der Waals surface area contributed by atoms with Crippen LogP contribution in [0.5, 0.6) is 0 Å².